The summed E-state index contributed by atoms with van der Waals surface area (Å²) in [5.41, 5.74) is -26.6. The van der Waals surface area contributed by atoms with E-state index in [1.54, 1.807) is 0 Å². The maximum absolute atomic E-state index is 14.2. The number of halogens is 25. The van der Waals surface area contributed by atoms with Gasteiger partial charge in [-0.05, 0) is 53.9 Å². The molecule has 0 N–H and O–H groups in total. The van der Waals surface area contributed by atoms with Crippen molar-refractivity contribution in [2.75, 3.05) is 0 Å². The molecule has 8 rings (SSSR count). The first-order valence-electron chi connectivity index (χ1n) is 22.6. The standard InChI is InChI=1S/C32H12BF24.C22H17ClN/c34-25(35,36)13-1-14(26(37,38)39)6-21(5-13)33(22-7-15(27(40,41)42)2-16(8-22)28(43,44)45,23-9-17(29(46,47)48)3-18(10-23)30(49,50)51)24-11-19(31(52,53)54)4-20(12-24)32(55,56)57;23-20-11-6-10-19(15-20)22-21-12-5-4-9-18(21)13-14-24(22)16-17-7-2-1-3-8-17/h1-12H;1-15H,16H2/q-1;+1. The minimum Gasteiger partial charge on any atom is -0.194 e. The van der Waals surface area contributed by atoms with E-state index >= 15 is 0 Å². The molecule has 0 saturated heterocycles. The Morgan fingerprint density at radius 2 is 0.630 bits per heavy atom. The highest BCUT2D eigenvalue weighted by molar-refractivity contribution is 7.20. The van der Waals surface area contributed by atoms with E-state index < -0.39 is 195 Å². The Kier molecular flexibility index (Phi) is 16.3. The normalized spacial score (nSPS) is 13.3. The van der Waals surface area contributed by atoms with E-state index in [2.05, 4.69) is 71.4 Å². The first kappa shape index (κ1) is 61.2. The fraction of sp³-hybridized carbons (Fsp3) is 0.167. The molecule has 428 valence electrons. The van der Waals surface area contributed by atoms with Gasteiger partial charge in [0.25, 0.3) is 0 Å². The number of hydrogen-bond donors (Lipinski definition) is 0. The Hall–Kier alpha value is -7.38. The molecule has 0 spiro atoms. The van der Waals surface area contributed by atoms with Crippen molar-refractivity contribution < 1.29 is 110 Å². The van der Waals surface area contributed by atoms with Crippen molar-refractivity contribution >= 4 is 50.4 Å². The molecular formula is C54H29BClF24N. The van der Waals surface area contributed by atoms with Gasteiger partial charge in [0.15, 0.2) is 12.7 Å². The van der Waals surface area contributed by atoms with Crippen molar-refractivity contribution in [2.24, 2.45) is 0 Å². The number of benzene rings is 7. The minimum absolute atomic E-state index is 0.691. The van der Waals surface area contributed by atoms with Gasteiger partial charge in [-0.25, -0.2) is 0 Å². The molecule has 0 atom stereocenters. The highest BCUT2D eigenvalue weighted by Crippen LogP contribution is 2.42. The summed E-state index contributed by atoms with van der Waals surface area (Å²) in [6.07, 6.45) is -52.6. The largest absolute Gasteiger partial charge is 0.416 e. The van der Waals surface area contributed by atoms with Crippen LogP contribution in [0.5, 0.6) is 0 Å². The van der Waals surface area contributed by atoms with Crippen LogP contribution in [0.3, 0.4) is 0 Å². The highest BCUT2D eigenvalue weighted by Gasteiger charge is 2.47. The lowest BCUT2D eigenvalue weighted by Crippen LogP contribution is -2.75. The topological polar surface area (TPSA) is 3.88 Å². The molecular weight excluding hydrogens is 1160 g/mol. The zero-order valence-corrected chi connectivity index (χ0v) is 40.5. The second-order valence-corrected chi connectivity index (χ2v) is 18.5. The number of fused-ring (bicyclic) bond motifs is 1. The molecule has 8 aromatic rings. The molecule has 0 unspecified atom stereocenters. The lowest BCUT2D eigenvalue weighted by molar-refractivity contribution is -0.676. The van der Waals surface area contributed by atoms with Crippen LogP contribution in [0.2, 0.25) is 5.02 Å². The Morgan fingerprint density at radius 1 is 0.321 bits per heavy atom. The van der Waals surface area contributed by atoms with Crippen molar-refractivity contribution in [2.45, 2.75) is 56.0 Å². The van der Waals surface area contributed by atoms with Gasteiger partial charge in [-0.2, -0.15) is 132 Å². The number of alkyl halides is 24. The zero-order valence-electron chi connectivity index (χ0n) is 39.8. The van der Waals surface area contributed by atoms with Crippen molar-refractivity contribution in [3.05, 3.63) is 219 Å². The lowest BCUT2D eigenvalue weighted by Gasteiger charge is -2.46. The Labute approximate surface area is 445 Å². The van der Waals surface area contributed by atoms with Crippen molar-refractivity contribution in [1.29, 1.82) is 0 Å². The third-order valence-corrected chi connectivity index (χ3v) is 12.9. The second-order valence-electron chi connectivity index (χ2n) is 18.1. The van der Waals surface area contributed by atoms with Crippen LogP contribution in [0.25, 0.3) is 22.0 Å². The fourth-order valence-corrected chi connectivity index (χ4v) is 9.39. The summed E-state index contributed by atoms with van der Waals surface area (Å²) < 4.78 is 343. The molecule has 0 bridgehead atoms. The summed E-state index contributed by atoms with van der Waals surface area (Å²) in [5.74, 6) is 0. The number of hydrogen-bond acceptors (Lipinski definition) is 0. The van der Waals surface area contributed by atoms with Crippen molar-refractivity contribution in [3.63, 3.8) is 0 Å². The van der Waals surface area contributed by atoms with E-state index in [-0.39, 0.29) is 0 Å². The molecule has 81 heavy (non-hydrogen) atoms. The third-order valence-electron chi connectivity index (χ3n) is 12.7. The molecule has 0 saturated carbocycles. The fourth-order valence-electron chi connectivity index (χ4n) is 9.20. The SMILES string of the molecule is Clc1cccc(-c2c3ccccc3cc[n+]2Cc2ccccc2)c1.FC(F)(F)c1cc([B-](c2cc(C(F)(F)F)cc(C(F)(F)F)c2)(c2cc(C(F)(F)F)cc(C(F)(F)F)c2)c2cc(C(F)(F)F)cc(C(F)(F)F)c2)cc(C(F)(F)F)c1. The van der Waals surface area contributed by atoms with Crippen LogP contribution < -0.4 is 26.4 Å². The van der Waals surface area contributed by atoms with E-state index in [0.717, 1.165) is 17.1 Å². The second kappa shape index (κ2) is 21.5. The summed E-state index contributed by atoms with van der Waals surface area (Å²) in [7, 11) is 0. The zero-order chi connectivity index (χ0) is 60.3. The van der Waals surface area contributed by atoms with Crippen molar-refractivity contribution in [1.82, 2.24) is 0 Å². The molecule has 0 aliphatic carbocycles. The van der Waals surface area contributed by atoms with Crippen LogP contribution >= 0.6 is 11.6 Å². The first-order valence-corrected chi connectivity index (χ1v) is 23.0. The van der Waals surface area contributed by atoms with Crippen LogP contribution in [-0.2, 0) is 56.0 Å². The van der Waals surface area contributed by atoms with Gasteiger partial charge in [0, 0.05) is 22.2 Å². The predicted octanol–water partition coefficient (Wildman–Crippen LogP) is 16.7. The van der Waals surface area contributed by atoms with E-state index in [0.29, 0.717) is 0 Å². The number of pyridine rings is 1. The minimum atomic E-state index is -6.13. The molecule has 1 aromatic heterocycles. The van der Waals surface area contributed by atoms with E-state index in [4.69, 9.17) is 11.6 Å². The van der Waals surface area contributed by atoms with E-state index in [1.165, 1.54) is 22.0 Å². The van der Waals surface area contributed by atoms with Gasteiger partial charge < -0.3 is 0 Å². The Balaban J connectivity index is 0.000000323. The predicted molar refractivity (Wildman–Crippen MR) is 250 cm³/mol. The van der Waals surface area contributed by atoms with Gasteiger partial charge in [0.2, 0.25) is 5.69 Å². The van der Waals surface area contributed by atoms with Gasteiger partial charge in [-0.15, -0.1) is 0 Å². The van der Waals surface area contributed by atoms with Crippen LogP contribution in [0.15, 0.2) is 164 Å². The smallest absolute Gasteiger partial charge is 0.194 e. The maximum atomic E-state index is 14.2. The molecule has 1 heterocycles. The first-order chi connectivity index (χ1) is 37.1. The lowest BCUT2D eigenvalue weighted by atomic mass is 9.12. The average Bonchev–Trinajstić information content (AvgIpc) is 3.55. The molecule has 0 amide bonds. The van der Waals surface area contributed by atoms with Crippen LogP contribution in [0.1, 0.15) is 50.1 Å². The molecule has 0 aliphatic rings. The number of nitrogens with zero attached hydrogens (tertiary/aromatic N) is 1. The quantitative estimate of drug-likeness (QED) is 0.0851. The van der Waals surface area contributed by atoms with Crippen molar-refractivity contribution in [3.8, 4) is 11.3 Å². The van der Waals surface area contributed by atoms with E-state index in [1.807, 2.05) is 24.3 Å². The highest BCUT2D eigenvalue weighted by atomic mass is 35.5. The monoisotopic (exact) mass is 1190 g/mol. The Bertz CT molecular complexity index is 3150. The molecule has 7 aromatic carbocycles. The molecule has 27 heteroatoms. The van der Waals surface area contributed by atoms with Gasteiger partial charge in [0.05, 0.1) is 49.9 Å². The van der Waals surface area contributed by atoms with Gasteiger partial charge in [-0.1, -0.05) is 115 Å². The van der Waals surface area contributed by atoms with E-state index in [9.17, 15) is 105 Å². The van der Waals surface area contributed by atoms with Crippen LogP contribution in [0, 0.1) is 0 Å². The average molecular weight is 1190 g/mol. The van der Waals surface area contributed by atoms with Gasteiger partial charge in [0.1, 0.15) is 6.15 Å². The van der Waals surface area contributed by atoms with Gasteiger partial charge >= 0.3 is 49.4 Å². The van der Waals surface area contributed by atoms with Gasteiger partial charge in [-0.3, -0.25) is 0 Å². The van der Waals surface area contributed by atoms with Crippen LogP contribution in [-0.4, -0.2) is 6.15 Å². The Morgan fingerprint density at radius 3 is 0.938 bits per heavy atom. The number of rotatable bonds is 7. The summed E-state index contributed by atoms with van der Waals surface area (Å²) in [5, 5.41) is 3.22. The molecule has 0 fully saturated rings. The van der Waals surface area contributed by atoms with Crippen LogP contribution in [0.4, 0.5) is 105 Å². The molecule has 0 aliphatic heterocycles. The summed E-state index contributed by atoms with van der Waals surface area (Å²) in [4.78, 5) is 0. The maximum Gasteiger partial charge on any atom is 0.416 e. The number of aromatic nitrogens is 1. The summed E-state index contributed by atoms with van der Waals surface area (Å²) in [6.45, 7) is 0.827. The summed E-state index contributed by atoms with van der Waals surface area (Å²) in [6, 6.07) is 20.4. The summed E-state index contributed by atoms with van der Waals surface area (Å²) >= 11 is 6.25. The molecule has 1 nitrogen and oxygen atoms in total. The molecule has 0 radical (unpaired) electrons. The third kappa shape index (κ3) is 13.7.